The van der Waals surface area contributed by atoms with Gasteiger partial charge in [0.2, 0.25) is 0 Å². The van der Waals surface area contributed by atoms with Crippen molar-refractivity contribution in [2.75, 3.05) is 11.9 Å². The van der Waals surface area contributed by atoms with Crippen molar-refractivity contribution in [3.8, 4) is 0 Å². The van der Waals surface area contributed by atoms with Crippen LogP contribution in [0.3, 0.4) is 0 Å². The van der Waals surface area contributed by atoms with Crippen LogP contribution in [-0.4, -0.2) is 27.0 Å². The van der Waals surface area contributed by atoms with E-state index in [-0.39, 0.29) is 12.0 Å². The third kappa shape index (κ3) is 2.86. The second kappa shape index (κ2) is 5.30. The lowest BCUT2D eigenvalue weighted by Crippen LogP contribution is -2.28. The first-order valence-electron chi connectivity index (χ1n) is 6.18. The van der Waals surface area contributed by atoms with Gasteiger partial charge in [0.15, 0.2) is 0 Å². The molecule has 0 bridgehead atoms. The van der Waals surface area contributed by atoms with Crippen molar-refractivity contribution < 1.29 is 10.0 Å². The van der Waals surface area contributed by atoms with Crippen molar-refractivity contribution in [1.29, 1.82) is 0 Å². The molecule has 7 heteroatoms. The normalized spacial score (nSPS) is 11.7. The lowest BCUT2D eigenvalue weighted by molar-refractivity contribution is -0.127. The van der Waals surface area contributed by atoms with Gasteiger partial charge in [0.25, 0.3) is 5.91 Å². The number of carbonyl (C=O) groups is 1. The van der Waals surface area contributed by atoms with Crippen molar-refractivity contribution in [1.82, 2.24) is 14.9 Å². The maximum atomic E-state index is 11.1. The zero-order valence-corrected chi connectivity index (χ0v) is 12.3. The van der Waals surface area contributed by atoms with E-state index in [1.807, 2.05) is 10.5 Å². The first kappa shape index (κ1) is 14.6. The van der Waals surface area contributed by atoms with Crippen molar-refractivity contribution in [3.05, 3.63) is 29.0 Å². The summed E-state index contributed by atoms with van der Waals surface area (Å²) in [6, 6.07) is 3.58. The number of hydrogen-bond donors (Lipinski definition) is 3. The molecular formula is C13H17ClN4O2. The number of fused-ring (bicyclic) bond motifs is 1. The standard InChI is InChI=1S/C13H17ClN4O2/c1-13(2,3)11-12(15-6-10(19)17-20)16-9-5-4-8(14)7-18(9)11/h4-5,7,15,20H,6H2,1-3H3,(H,17,19). The van der Waals surface area contributed by atoms with Crippen LogP contribution >= 0.6 is 11.6 Å². The number of halogens is 1. The molecule has 1 amide bonds. The predicted octanol–water partition coefficient (Wildman–Crippen LogP) is 2.20. The molecule has 20 heavy (non-hydrogen) atoms. The minimum atomic E-state index is -0.528. The average Bonchev–Trinajstić information content (AvgIpc) is 2.73. The molecule has 0 aromatic carbocycles. The topological polar surface area (TPSA) is 78.7 Å². The Morgan fingerprint density at radius 3 is 2.75 bits per heavy atom. The van der Waals surface area contributed by atoms with Gasteiger partial charge >= 0.3 is 0 Å². The molecule has 3 N–H and O–H groups in total. The third-order valence-electron chi connectivity index (χ3n) is 2.83. The first-order valence-corrected chi connectivity index (χ1v) is 6.55. The Morgan fingerprint density at radius 1 is 1.45 bits per heavy atom. The molecule has 0 radical (unpaired) electrons. The van der Waals surface area contributed by atoms with Crippen LogP contribution in [0.5, 0.6) is 0 Å². The van der Waals surface area contributed by atoms with Gasteiger partial charge in [0.1, 0.15) is 11.5 Å². The number of amides is 1. The number of nitrogens with one attached hydrogen (secondary N) is 2. The second-order valence-electron chi connectivity index (χ2n) is 5.52. The highest BCUT2D eigenvalue weighted by molar-refractivity contribution is 6.30. The molecule has 2 aromatic rings. The maximum Gasteiger partial charge on any atom is 0.262 e. The summed E-state index contributed by atoms with van der Waals surface area (Å²) < 4.78 is 1.90. The minimum absolute atomic E-state index is 0.0583. The molecule has 0 aliphatic carbocycles. The summed E-state index contributed by atoms with van der Waals surface area (Å²) in [5.41, 5.74) is 3.05. The highest BCUT2D eigenvalue weighted by Crippen LogP contribution is 2.31. The number of hydroxylamine groups is 1. The summed E-state index contributed by atoms with van der Waals surface area (Å²) in [6.45, 7) is 6.09. The fraction of sp³-hybridized carbons (Fsp3) is 0.385. The average molecular weight is 297 g/mol. The molecule has 2 rings (SSSR count). The Kier molecular flexibility index (Phi) is 3.87. The molecule has 0 spiro atoms. The fourth-order valence-electron chi connectivity index (χ4n) is 2.06. The third-order valence-corrected chi connectivity index (χ3v) is 3.06. The van der Waals surface area contributed by atoms with Gasteiger partial charge in [-0.2, -0.15) is 0 Å². The molecule has 0 aliphatic heterocycles. The molecule has 2 aromatic heterocycles. The molecular weight excluding hydrogens is 280 g/mol. The highest BCUT2D eigenvalue weighted by Gasteiger charge is 2.24. The van der Waals surface area contributed by atoms with E-state index in [4.69, 9.17) is 16.8 Å². The number of aromatic nitrogens is 2. The van der Waals surface area contributed by atoms with E-state index in [2.05, 4.69) is 31.1 Å². The molecule has 0 saturated carbocycles. The molecule has 0 atom stereocenters. The van der Waals surface area contributed by atoms with Crippen molar-refractivity contribution in [2.24, 2.45) is 0 Å². The maximum absolute atomic E-state index is 11.1. The monoisotopic (exact) mass is 296 g/mol. The van der Waals surface area contributed by atoms with Crippen LogP contribution in [0.15, 0.2) is 18.3 Å². The van der Waals surface area contributed by atoms with Crippen molar-refractivity contribution in [2.45, 2.75) is 26.2 Å². The van der Waals surface area contributed by atoms with Crippen LogP contribution in [0.4, 0.5) is 5.82 Å². The van der Waals surface area contributed by atoms with Gasteiger partial charge in [-0.3, -0.25) is 14.4 Å². The van der Waals surface area contributed by atoms with Crippen LogP contribution in [-0.2, 0) is 10.2 Å². The molecule has 0 aliphatic rings. The lowest BCUT2D eigenvalue weighted by Gasteiger charge is -2.20. The Balaban J connectivity index is 2.50. The summed E-state index contributed by atoms with van der Waals surface area (Å²) >= 11 is 6.03. The van der Waals surface area contributed by atoms with Crippen LogP contribution in [0, 0.1) is 0 Å². The van der Waals surface area contributed by atoms with Crippen LogP contribution in [0.25, 0.3) is 5.65 Å². The number of imidazole rings is 1. The van der Waals surface area contributed by atoms with Gasteiger partial charge in [-0.05, 0) is 12.1 Å². The van der Waals surface area contributed by atoms with Crippen molar-refractivity contribution >= 4 is 29.0 Å². The summed E-state index contributed by atoms with van der Waals surface area (Å²) in [6.07, 6.45) is 1.79. The van der Waals surface area contributed by atoms with E-state index in [1.54, 1.807) is 17.7 Å². The SMILES string of the molecule is CC(C)(C)c1c(NCC(=O)NO)nc2ccc(Cl)cn12. The number of carbonyl (C=O) groups excluding carboxylic acids is 1. The minimum Gasteiger partial charge on any atom is -0.359 e. The molecule has 0 unspecified atom stereocenters. The highest BCUT2D eigenvalue weighted by atomic mass is 35.5. The number of pyridine rings is 1. The Labute approximate surface area is 121 Å². The number of anilines is 1. The van der Waals surface area contributed by atoms with Gasteiger partial charge in [0.05, 0.1) is 17.3 Å². The summed E-state index contributed by atoms with van der Waals surface area (Å²) in [4.78, 5) is 15.6. The summed E-state index contributed by atoms with van der Waals surface area (Å²) in [5.74, 6) is 0.0725. The van der Waals surface area contributed by atoms with E-state index < -0.39 is 5.91 Å². The van der Waals surface area contributed by atoms with E-state index in [0.29, 0.717) is 10.8 Å². The van der Waals surface area contributed by atoms with Crippen molar-refractivity contribution in [3.63, 3.8) is 0 Å². The van der Waals surface area contributed by atoms with Gasteiger partial charge in [-0.1, -0.05) is 32.4 Å². The lowest BCUT2D eigenvalue weighted by atomic mass is 9.92. The molecule has 0 saturated heterocycles. The zero-order chi connectivity index (χ0) is 14.9. The van der Waals surface area contributed by atoms with Crippen LogP contribution in [0.2, 0.25) is 5.02 Å². The van der Waals surface area contributed by atoms with E-state index in [1.165, 1.54) is 0 Å². The number of rotatable bonds is 3. The molecule has 108 valence electrons. The fourth-order valence-corrected chi connectivity index (χ4v) is 2.22. The molecule has 6 nitrogen and oxygen atoms in total. The second-order valence-corrected chi connectivity index (χ2v) is 5.96. The first-order chi connectivity index (χ1) is 9.32. The summed E-state index contributed by atoms with van der Waals surface area (Å²) in [7, 11) is 0. The Bertz CT molecular complexity index is 646. The van der Waals surface area contributed by atoms with Gasteiger partial charge in [0, 0.05) is 11.6 Å². The summed E-state index contributed by atoms with van der Waals surface area (Å²) in [5, 5.41) is 12.1. The smallest absolute Gasteiger partial charge is 0.262 e. The molecule has 2 heterocycles. The number of nitrogens with zero attached hydrogens (tertiary/aromatic N) is 2. The largest absolute Gasteiger partial charge is 0.359 e. The van der Waals surface area contributed by atoms with Gasteiger partial charge in [-0.25, -0.2) is 10.5 Å². The Morgan fingerprint density at radius 2 is 2.15 bits per heavy atom. The molecule has 0 fully saturated rings. The zero-order valence-electron chi connectivity index (χ0n) is 11.6. The predicted molar refractivity (Wildman–Crippen MR) is 77.3 cm³/mol. The van der Waals surface area contributed by atoms with Gasteiger partial charge < -0.3 is 5.32 Å². The van der Waals surface area contributed by atoms with Crippen LogP contribution in [0.1, 0.15) is 26.5 Å². The van der Waals surface area contributed by atoms with E-state index >= 15 is 0 Å². The van der Waals surface area contributed by atoms with Gasteiger partial charge in [-0.15, -0.1) is 0 Å². The van der Waals surface area contributed by atoms with E-state index in [9.17, 15) is 4.79 Å². The van der Waals surface area contributed by atoms with Crippen LogP contribution < -0.4 is 10.8 Å². The van der Waals surface area contributed by atoms with E-state index in [0.717, 1.165) is 11.3 Å². The quantitative estimate of drug-likeness (QED) is 0.599. The Hall–Kier alpha value is -1.79. The number of hydrogen-bond acceptors (Lipinski definition) is 4.